The van der Waals surface area contributed by atoms with Crippen LogP contribution in [-0.2, 0) is 25.6 Å². The molecule has 0 saturated carbocycles. The third kappa shape index (κ3) is 6.71. The summed E-state index contributed by atoms with van der Waals surface area (Å²) >= 11 is 0. The van der Waals surface area contributed by atoms with Crippen LogP contribution in [0.3, 0.4) is 0 Å². The number of aryl methyl sites for hydroxylation is 1. The summed E-state index contributed by atoms with van der Waals surface area (Å²) in [4.78, 5) is 4.47. The van der Waals surface area contributed by atoms with Gasteiger partial charge in [0.05, 0.1) is 5.56 Å². The summed E-state index contributed by atoms with van der Waals surface area (Å²) in [6, 6.07) is 5.17. The summed E-state index contributed by atoms with van der Waals surface area (Å²) < 4.78 is 39.8. The molecule has 1 heterocycles. The lowest BCUT2D eigenvalue weighted by Gasteiger charge is -2.12. The Kier molecular flexibility index (Phi) is 8.03. The predicted molar refractivity (Wildman–Crippen MR) is 103 cm³/mol. The van der Waals surface area contributed by atoms with Gasteiger partial charge in [0.2, 0.25) is 0 Å². The van der Waals surface area contributed by atoms with Gasteiger partial charge in [0.25, 0.3) is 0 Å². The van der Waals surface area contributed by atoms with Crippen molar-refractivity contribution in [3.05, 3.63) is 60.2 Å². The summed E-state index contributed by atoms with van der Waals surface area (Å²) in [6.07, 6.45) is 0.458. The normalized spacial score (nSPS) is 12.1. The molecule has 0 bridgehead atoms. The van der Waals surface area contributed by atoms with Gasteiger partial charge in [-0.3, -0.25) is 4.99 Å². The van der Waals surface area contributed by atoms with Crippen LogP contribution in [0.4, 0.5) is 13.2 Å². The van der Waals surface area contributed by atoms with Crippen LogP contribution >= 0.6 is 0 Å². The molecule has 152 valence electrons. The number of nitrogens with one attached hydrogen (secondary N) is 2. The summed E-state index contributed by atoms with van der Waals surface area (Å²) in [5, 5.41) is 14.3. The maximum absolute atomic E-state index is 12.6. The fraction of sp³-hybridized carbons (Fsp3) is 0.421. The van der Waals surface area contributed by atoms with E-state index in [9.17, 15) is 13.2 Å². The van der Waals surface area contributed by atoms with Crippen molar-refractivity contribution >= 4 is 5.96 Å². The molecule has 1 aromatic heterocycles. The van der Waals surface area contributed by atoms with Crippen LogP contribution in [0, 0.1) is 0 Å². The van der Waals surface area contributed by atoms with E-state index in [1.807, 2.05) is 11.5 Å². The molecule has 9 heteroatoms. The zero-order valence-electron chi connectivity index (χ0n) is 15.8. The molecule has 0 aliphatic rings. The van der Waals surface area contributed by atoms with Crippen LogP contribution < -0.4 is 10.6 Å². The molecule has 6 nitrogen and oxygen atoms in total. The van der Waals surface area contributed by atoms with Gasteiger partial charge in [0, 0.05) is 32.6 Å². The molecular weight excluding hydrogens is 369 g/mol. The zero-order valence-corrected chi connectivity index (χ0v) is 15.8. The van der Waals surface area contributed by atoms with Crippen LogP contribution in [0.1, 0.15) is 23.9 Å². The average Bonchev–Trinajstić information content (AvgIpc) is 3.13. The molecule has 2 aromatic rings. The standard InChI is InChI=1S/C19H25F3N6/c1-3-10-23-18(25-12-13-28-14-26-27-17(28)4-2)24-11-9-15-5-7-16(8-6-15)19(20,21)22/h3,5-8,14H,1,4,9-13H2,2H3,(H2,23,24,25). The molecule has 2 rings (SSSR count). The molecule has 28 heavy (non-hydrogen) atoms. The first-order valence-electron chi connectivity index (χ1n) is 9.10. The summed E-state index contributed by atoms with van der Waals surface area (Å²) in [5.41, 5.74) is 0.159. The Morgan fingerprint density at radius 3 is 2.64 bits per heavy atom. The van der Waals surface area contributed by atoms with Crippen LogP contribution in [-0.4, -0.2) is 40.4 Å². The number of guanidine groups is 1. The first-order chi connectivity index (χ1) is 13.4. The first kappa shape index (κ1) is 21.5. The second kappa shape index (κ2) is 10.5. The van der Waals surface area contributed by atoms with Crippen LogP contribution in [0.25, 0.3) is 0 Å². The monoisotopic (exact) mass is 394 g/mol. The van der Waals surface area contributed by atoms with Gasteiger partial charge in [-0.05, 0) is 24.1 Å². The zero-order chi connectivity index (χ0) is 20.4. The van der Waals surface area contributed by atoms with Crippen molar-refractivity contribution in [2.24, 2.45) is 4.99 Å². The van der Waals surface area contributed by atoms with Gasteiger partial charge in [-0.1, -0.05) is 25.1 Å². The minimum Gasteiger partial charge on any atom is -0.355 e. The van der Waals surface area contributed by atoms with Gasteiger partial charge < -0.3 is 15.2 Å². The number of alkyl halides is 3. The second-order valence-electron chi connectivity index (χ2n) is 6.07. The average molecular weight is 394 g/mol. The molecule has 1 aromatic carbocycles. The molecule has 0 aliphatic carbocycles. The van der Waals surface area contributed by atoms with Crippen molar-refractivity contribution in [1.82, 2.24) is 25.4 Å². The smallest absolute Gasteiger partial charge is 0.355 e. The SMILES string of the molecule is C=CCNC(=NCCc1ccc(C(F)(F)F)cc1)NCCn1cnnc1CC. The molecular formula is C19H25F3N6. The Balaban J connectivity index is 1.87. The fourth-order valence-corrected chi connectivity index (χ4v) is 2.53. The van der Waals surface area contributed by atoms with Gasteiger partial charge in [-0.15, -0.1) is 16.8 Å². The lowest BCUT2D eigenvalue weighted by molar-refractivity contribution is -0.137. The van der Waals surface area contributed by atoms with E-state index in [4.69, 9.17) is 0 Å². The maximum Gasteiger partial charge on any atom is 0.416 e. The molecule has 0 amide bonds. The number of halogens is 3. The number of hydrogen-bond acceptors (Lipinski definition) is 3. The molecule has 0 spiro atoms. The number of nitrogens with zero attached hydrogens (tertiary/aromatic N) is 4. The number of rotatable bonds is 9. The van der Waals surface area contributed by atoms with E-state index in [1.54, 1.807) is 12.4 Å². The lowest BCUT2D eigenvalue weighted by atomic mass is 10.1. The van der Waals surface area contributed by atoms with E-state index in [1.165, 1.54) is 12.1 Å². The van der Waals surface area contributed by atoms with Crippen LogP contribution in [0.2, 0.25) is 0 Å². The molecule has 0 radical (unpaired) electrons. The van der Waals surface area contributed by atoms with E-state index in [-0.39, 0.29) is 0 Å². The van der Waals surface area contributed by atoms with Gasteiger partial charge in [0.15, 0.2) is 5.96 Å². The molecule has 0 atom stereocenters. The Bertz CT molecular complexity index is 765. The summed E-state index contributed by atoms with van der Waals surface area (Å²) in [7, 11) is 0. The lowest BCUT2D eigenvalue weighted by Crippen LogP contribution is -2.39. The highest BCUT2D eigenvalue weighted by atomic mass is 19.4. The van der Waals surface area contributed by atoms with Crippen molar-refractivity contribution in [3.8, 4) is 0 Å². The third-order valence-corrected chi connectivity index (χ3v) is 4.02. The van der Waals surface area contributed by atoms with Crippen molar-refractivity contribution in [2.45, 2.75) is 32.5 Å². The fourth-order valence-electron chi connectivity index (χ4n) is 2.53. The van der Waals surface area contributed by atoms with Crippen molar-refractivity contribution in [3.63, 3.8) is 0 Å². The predicted octanol–water partition coefficient (Wildman–Crippen LogP) is 2.82. The highest BCUT2D eigenvalue weighted by molar-refractivity contribution is 5.79. The number of benzene rings is 1. The molecule has 0 unspecified atom stereocenters. The minimum atomic E-state index is -4.31. The van der Waals surface area contributed by atoms with Crippen molar-refractivity contribution < 1.29 is 13.2 Å². The minimum absolute atomic E-state index is 0.449. The summed E-state index contributed by atoms with van der Waals surface area (Å²) in [5.74, 6) is 1.54. The van der Waals surface area contributed by atoms with Gasteiger partial charge >= 0.3 is 6.18 Å². The van der Waals surface area contributed by atoms with E-state index >= 15 is 0 Å². The van der Waals surface area contributed by atoms with Gasteiger partial charge in [-0.2, -0.15) is 13.2 Å². The Morgan fingerprint density at radius 2 is 2.00 bits per heavy atom. The van der Waals surface area contributed by atoms with E-state index < -0.39 is 11.7 Å². The third-order valence-electron chi connectivity index (χ3n) is 4.02. The van der Waals surface area contributed by atoms with E-state index in [0.717, 1.165) is 29.9 Å². The molecule has 0 saturated heterocycles. The van der Waals surface area contributed by atoms with Crippen LogP contribution in [0.5, 0.6) is 0 Å². The van der Waals surface area contributed by atoms with Gasteiger partial charge in [0.1, 0.15) is 12.2 Å². The highest BCUT2D eigenvalue weighted by Gasteiger charge is 2.29. The topological polar surface area (TPSA) is 67.1 Å². The highest BCUT2D eigenvalue weighted by Crippen LogP contribution is 2.29. The summed E-state index contributed by atoms with van der Waals surface area (Å²) in [6.45, 7) is 8.03. The van der Waals surface area contributed by atoms with E-state index in [2.05, 4.69) is 32.4 Å². The van der Waals surface area contributed by atoms with E-state index in [0.29, 0.717) is 38.6 Å². The van der Waals surface area contributed by atoms with Crippen molar-refractivity contribution in [1.29, 1.82) is 0 Å². The molecule has 0 fully saturated rings. The maximum atomic E-state index is 12.6. The van der Waals surface area contributed by atoms with Gasteiger partial charge in [-0.25, -0.2) is 0 Å². The Morgan fingerprint density at radius 1 is 1.25 bits per heavy atom. The van der Waals surface area contributed by atoms with Crippen molar-refractivity contribution in [2.75, 3.05) is 19.6 Å². The largest absolute Gasteiger partial charge is 0.416 e. The Hall–Kier alpha value is -2.84. The molecule has 0 aliphatic heterocycles. The number of aromatic nitrogens is 3. The molecule has 2 N–H and O–H groups in total. The second-order valence-corrected chi connectivity index (χ2v) is 6.07. The first-order valence-corrected chi connectivity index (χ1v) is 9.10. The van der Waals surface area contributed by atoms with Crippen LogP contribution in [0.15, 0.2) is 48.2 Å². The quantitative estimate of drug-likeness (QED) is 0.390. The number of aliphatic imine (C=N–C) groups is 1. The number of hydrogen-bond donors (Lipinski definition) is 2. The Labute approximate surface area is 162 Å².